The fraction of sp³-hybridized carbons (Fsp3) is 0.939. The SMILES string of the molecule is CCCCCCCCC(CCCCCCCC)OC(=O)CCCCCCCN(CCCCCCCC(=O)OC(CCCCCCCC)CCCCCCCC)CCNC(=O)CN(CC(=O)NCCN(CCCCCCCC(=O)OC(CCCCCCCC)CCCCCCCC)CCCCCCCC(=O)OC(CCCCCCCC)CCCCCCCC)C(=O)CN1CCCC1. The first-order chi connectivity index (χ1) is 64.2. The molecule has 1 saturated heterocycles. The van der Waals surface area contributed by atoms with Crippen LogP contribution in [0.1, 0.15) is 582 Å². The minimum absolute atomic E-state index is 0.0314. The second-order valence-electron chi connectivity index (χ2n) is 40.6. The fourth-order valence-corrected chi connectivity index (χ4v) is 19.1. The van der Waals surface area contributed by atoms with Gasteiger partial charge in [-0.3, -0.25) is 38.5 Å². The zero-order valence-corrected chi connectivity index (χ0v) is 88.3. The standard InChI is InChI=1S/C114H220N6O11/c1-9-17-25-33-45-61-79-104(80-62-46-34-26-18-10-2)128-111(124)87-69-53-41-57-73-93-117(94-74-58-42-54-70-88-112(125)129-105(81-63-47-35-27-19-11-3)82-64-48-36-28-20-12-4)99-91-115-108(121)101-120(110(123)103-119-97-77-78-98-119)102-109(122)116-92-100-118(95-75-59-43-55-71-89-113(126)130-106(83-65-49-37-29-21-13-5)84-66-50-38-30-22-14-6)96-76-60-44-56-72-90-114(127)131-107(85-67-51-39-31-23-15-7)86-68-52-40-32-24-16-8/h104-107H,9-103H2,1-8H3,(H,115,121)(H,116,122). The lowest BCUT2D eigenvalue weighted by atomic mass is 10.0. The van der Waals surface area contributed by atoms with Gasteiger partial charge >= 0.3 is 23.9 Å². The summed E-state index contributed by atoms with van der Waals surface area (Å²) >= 11 is 0. The molecule has 0 aliphatic carbocycles. The quantitative estimate of drug-likeness (QED) is 0.0332. The highest BCUT2D eigenvalue weighted by Crippen LogP contribution is 2.26. The molecule has 1 aliphatic rings. The van der Waals surface area contributed by atoms with Crippen LogP contribution in [-0.4, -0.2) is 171 Å². The van der Waals surface area contributed by atoms with E-state index in [4.69, 9.17) is 18.9 Å². The summed E-state index contributed by atoms with van der Waals surface area (Å²) in [6.45, 7) is 25.3. The van der Waals surface area contributed by atoms with Gasteiger partial charge < -0.3 is 44.3 Å². The van der Waals surface area contributed by atoms with E-state index in [1.54, 1.807) is 0 Å². The number of carbonyl (C=O) groups is 7. The zero-order valence-electron chi connectivity index (χ0n) is 88.3. The van der Waals surface area contributed by atoms with Crippen LogP contribution in [0, 0.1) is 0 Å². The minimum Gasteiger partial charge on any atom is -0.462 e. The molecule has 2 N–H and O–H groups in total. The fourth-order valence-electron chi connectivity index (χ4n) is 19.1. The van der Waals surface area contributed by atoms with Crippen molar-refractivity contribution in [2.75, 3.05) is 85.1 Å². The van der Waals surface area contributed by atoms with Gasteiger partial charge in [0.1, 0.15) is 37.5 Å². The maximum absolute atomic E-state index is 14.3. The number of nitrogens with zero attached hydrogens (tertiary/aromatic N) is 4. The van der Waals surface area contributed by atoms with Gasteiger partial charge in [0, 0.05) is 51.9 Å². The summed E-state index contributed by atoms with van der Waals surface area (Å²) in [6.07, 6.45) is 91.5. The number of hydrogen-bond donors (Lipinski definition) is 2. The van der Waals surface area contributed by atoms with Crippen molar-refractivity contribution in [3.8, 4) is 0 Å². The molecule has 0 radical (unpaired) electrons. The molecule has 0 atom stereocenters. The first-order valence-electron chi connectivity index (χ1n) is 58.0. The number of rotatable bonds is 104. The van der Waals surface area contributed by atoms with Crippen LogP contribution in [0.2, 0.25) is 0 Å². The molecule has 0 aromatic carbocycles. The van der Waals surface area contributed by atoms with Crippen LogP contribution >= 0.6 is 0 Å². The van der Waals surface area contributed by atoms with E-state index in [0.717, 1.165) is 283 Å². The number of unbranched alkanes of at least 4 members (excludes halogenated alkanes) is 56. The summed E-state index contributed by atoms with van der Waals surface area (Å²) in [5, 5.41) is 6.36. The maximum Gasteiger partial charge on any atom is 0.306 e. The molecule has 3 amide bonds. The highest BCUT2D eigenvalue weighted by atomic mass is 16.6. The van der Waals surface area contributed by atoms with E-state index >= 15 is 0 Å². The van der Waals surface area contributed by atoms with Gasteiger partial charge in [-0.15, -0.1) is 0 Å². The van der Waals surface area contributed by atoms with Crippen LogP contribution in [0.4, 0.5) is 0 Å². The summed E-state index contributed by atoms with van der Waals surface area (Å²) in [6, 6.07) is 0. The van der Waals surface area contributed by atoms with Crippen LogP contribution in [0.25, 0.3) is 0 Å². The zero-order chi connectivity index (χ0) is 95.1. The normalized spacial score (nSPS) is 12.5. The van der Waals surface area contributed by atoms with E-state index in [-0.39, 0.29) is 85.6 Å². The van der Waals surface area contributed by atoms with Crippen molar-refractivity contribution in [1.82, 2.24) is 30.2 Å². The van der Waals surface area contributed by atoms with Gasteiger partial charge in [0.2, 0.25) is 17.7 Å². The third kappa shape index (κ3) is 85.1. The third-order valence-corrected chi connectivity index (χ3v) is 27.7. The van der Waals surface area contributed by atoms with Crippen molar-refractivity contribution in [1.29, 1.82) is 0 Å². The molecular formula is C114H220N6O11. The molecule has 0 aromatic heterocycles. The average molecular weight is 1850 g/mol. The Morgan fingerprint density at radius 2 is 0.420 bits per heavy atom. The predicted octanol–water partition coefficient (Wildman–Crippen LogP) is 30.8. The molecule has 131 heavy (non-hydrogen) atoms. The first kappa shape index (κ1) is 125. The molecule has 0 spiro atoms. The van der Waals surface area contributed by atoms with E-state index in [9.17, 15) is 33.6 Å². The molecule has 1 fully saturated rings. The topological polar surface area (TPSA) is 193 Å². The summed E-state index contributed by atoms with van der Waals surface area (Å²) in [4.78, 5) is 104. The number of amides is 3. The monoisotopic (exact) mass is 1850 g/mol. The number of esters is 4. The smallest absolute Gasteiger partial charge is 0.306 e. The second kappa shape index (κ2) is 97.8. The van der Waals surface area contributed by atoms with Crippen LogP contribution in [0.3, 0.4) is 0 Å². The highest BCUT2D eigenvalue weighted by Gasteiger charge is 2.26. The number of ether oxygens (including phenoxy) is 4. The Morgan fingerprint density at radius 3 is 0.626 bits per heavy atom. The van der Waals surface area contributed by atoms with Crippen LogP contribution in [0.15, 0.2) is 0 Å². The van der Waals surface area contributed by atoms with E-state index in [1.165, 1.54) is 262 Å². The molecular weight excluding hydrogens is 1630 g/mol. The second-order valence-corrected chi connectivity index (χ2v) is 40.6. The van der Waals surface area contributed by atoms with Crippen molar-refractivity contribution in [2.45, 2.75) is 606 Å². The minimum atomic E-state index is -0.264. The maximum atomic E-state index is 14.3. The molecule has 0 unspecified atom stereocenters. The van der Waals surface area contributed by atoms with Gasteiger partial charge in [-0.1, -0.05) is 389 Å². The van der Waals surface area contributed by atoms with Crippen molar-refractivity contribution >= 4 is 41.6 Å². The van der Waals surface area contributed by atoms with Crippen LogP contribution < -0.4 is 10.6 Å². The van der Waals surface area contributed by atoms with Crippen molar-refractivity contribution < 1.29 is 52.5 Å². The predicted molar refractivity (Wildman–Crippen MR) is 555 cm³/mol. The molecule has 0 saturated carbocycles. The molecule has 1 aliphatic heterocycles. The average Bonchev–Trinajstić information content (AvgIpc) is 1.87. The Morgan fingerprint density at radius 1 is 0.237 bits per heavy atom. The Bertz CT molecular complexity index is 2180. The summed E-state index contributed by atoms with van der Waals surface area (Å²) in [5.74, 6) is -0.858. The molecule has 17 nitrogen and oxygen atoms in total. The Balaban J connectivity index is 3.20. The van der Waals surface area contributed by atoms with Crippen molar-refractivity contribution in [2.24, 2.45) is 0 Å². The van der Waals surface area contributed by atoms with Gasteiger partial charge in [0.25, 0.3) is 0 Å². The number of nitrogens with one attached hydrogen (secondary N) is 2. The third-order valence-electron chi connectivity index (χ3n) is 27.7. The lowest BCUT2D eigenvalue weighted by Crippen LogP contribution is -2.50. The lowest BCUT2D eigenvalue weighted by molar-refractivity contribution is -0.151. The molecule has 772 valence electrons. The van der Waals surface area contributed by atoms with E-state index in [0.29, 0.717) is 51.9 Å². The summed E-state index contributed by atoms with van der Waals surface area (Å²) < 4.78 is 24.8. The van der Waals surface area contributed by atoms with Gasteiger partial charge in [0.05, 0.1) is 6.54 Å². The number of hydrogen-bond acceptors (Lipinski definition) is 14. The van der Waals surface area contributed by atoms with Crippen molar-refractivity contribution in [3.05, 3.63) is 0 Å². The molecule has 1 heterocycles. The van der Waals surface area contributed by atoms with Gasteiger partial charge in [0.15, 0.2) is 0 Å². The van der Waals surface area contributed by atoms with Gasteiger partial charge in [-0.25, -0.2) is 0 Å². The first-order valence-corrected chi connectivity index (χ1v) is 58.0. The lowest BCUT2D eigenvalue weighted by Gasteiger charge is -2.26. The van der Waals surface area contributed by atoms with E-state index in [1.807, 2.05) is 0 Å². The van der Waals surface area contributed by atoms with Crippen LogP contribution in [0.5, 0.6) is 0 Å². The Hall–Kier alpha value is -3.83. The van der Waals surface area contributed by atoms with E-state index < -0.39 is 0 Å². The molecule has 0 aromatic rings. The Kier molecular flexibility index (Phi) is 93.5. The van der Waals surface area contributed by atoms with E-state index in [2.05, 4.69) is 80.7 Å². The number of likely N-dealkylation sites (tertiary alicyclic amines) is 1. The largest absolute Gasteiger partial charge is 0.462 e. The van der Waals surface area contributed by atoms with Crippen LogP contribution in [-0.2, 0) is 52.5 Å². The summed E-state index contributed by atoms with van der Waals surface area (Å²) in [7, 11) is 0. The van der Waals surface area contributed by atoms with Gasteiger partial charge in [-0.05, 0) is 206 Å². The van der Waals surface area contributed by atoms with Gasteiger partial charge in [-0.2, -0.15) is 0 Å². The molecule has 0 bridgehead atoms. The Labute approximate surface area is 811 Å². The molecule has 17 heteroatoms. The summed E-state index contributed by atoms with van der Waals surface area (Å²) in [5.41, 5.74) is 0. The van der Waals surface area contributed by atoms with Crippen molar-refractivity contribution in [3.63, 3.8) is 0 Å². The molecule has 1 rings (SSSR count). The highest BCUT2D eigenvalue weighted by molar-refractivity contribution is 5.90. The number of carbonyl (C=O) groups excluding carboxylic acids is 7.